The minimum absolute atomic E-state index is 0.127. The molecule has 1 unspecified atom stereocenters. The maximum atomic E-state index is 13.3. The number of aromatic amines is 1. The number of H-pyrrole nitrogens is 1. The van der Waals surface area contributed by atoms with E-state index in [9.17, 15) is 13.6 Å². The Bertz CT molecular complexity index is 873. The summed E-state index contributed by atoms with van der Waals surface area (Å²) in [6.45, 7) is 1.75. The standard InChI is InChI=1S/C19H18F2N2O/c1-12(13-6-8-16(20)17(21)10-13)23-19(24)9-7-14-11-22-18-5-3-2-4-15(14)18/h2-6,8,10-12,22H,7,9H2,1H3,(H,23,24). The van der Waals surface area contributed by atoms with Crippen LogP contribution in [-0.4, -0.2) is 10.9 Å². The van der Waals surface area contributed by atoms with Gasteiger partial charge in [-0.15, -0.1) is 0 Å². The molecule has 2 aromatic carbocycles. The van der Waals surface area contributed by atoms with Gasteiger partial charge >= 0.3 is 0 Å². The molecule has 24 heavy (non-hydrogen) atoms. The van der Waals surface area contributed by atoms with E-state index in [1.807, 2.05) is 30.5 Å². The third-order valence-corrected chi connectivity index (χ3v) is 4.12. The highest BCUT2D eigenvalue weighted by molar-refractivity contribution is 5.84. The number of halogens is 2. The highest BCUT2D eigenvalue weighted by atomic mass is 19.2. The maximum Gasteiger partial charge on any atom is 0.220 e. The molecule has 5 heteroatoms. The van der Waals surface area contributed by atoms with E-state index in [0.29, 0.717) is 18.4 Å². The molecule has 1 atom stereocenters. The molecular formula is C19H18F2N2O. The van der Waals surface area contributed by atoms with Crippen LogP contribution in [0.3, 0.4) is 0 Å². The maximum absolute atomic E-state index is 13.3. The fourth-order valence-electron chi connectivity index (χ4n) is 2.77. The highest BCUT2D eigenvalue weighted by Crippen LogP contribution is 2.20. The summed E-state index contributed by atoms with van der Waals surface area (Å²) in [5.74, 6) is -1.93. The Morgan fingerprint density at radius 1 is 1.17 bits per heavy atom. The van der Waals surface area contributed by atoms with Crippen LogP contribution in [-0.2, 0) is 11.2 Å². The Labute approximate surface area is 138 Å². The Kier molecular flexibility index (Phi) is 4.60. The van der Waals surface area contributed by atoms with Gasteiger partial charge in [0, 0.05) is 23.5 Å². The van der Waals surface area contributed by atoms with Crippen molar-refractivity contribution in [3.05, 3.63) is 71.4 Å². The van der Waals surface area contributed by atoms with E-state index < -0.39 is 11.6 Å². The predicted molar refractivity (Wildman–Crippen MR) is 89.5 cm³/mol. The summed E-state index contributed by atoms with van der Waals surface area (Å²) in [5, 5.41) is 3.93. The summed E-state index contributed by atoms with van der Waals surface area (Å²) in [5.41, 5.74) is 2.67. The molecule has 124 valence electrons. The lowest BCUT2D eigenvalue weighted by molar-refractivity contribution is -0.121. The molecule has 3 aromatic rings. The molecule has 3 nitrogen and oxygen atoms in total. The van der Waals surface area contributed by atoms with Crippen LogP contribution in [0.2, 0.25) is 0 Å². The molecule has 2 N–H and O–H groups in total. The average Bonchev–Trinajstić information content (AvgIpc) is 2.98. The summed E-state index contributed by atoms with van der Waals surface area (Å²) in [4.78, 5) is 15.3. The second-order valence-corrected chi connectivity index (χ2v) is 5.82. The summed E-state index contributed by atoms with van der Waals surface area (Å²) < 4.78 is 26.2. The van der Waals surface area contributed by atoms with Crippen molar-refractivity contribution in [1.29, 1.82) is 0 Å². The number of amides is 1. The topological polar surface area (TPSA) is 44.9 Å². The van der Waals surface area contributed by atoms with Crippen LogP contribution >= 0.6 is 0 Å². The van der Waals surface area contributed by atoms with E-state index in [1.54, 1.807) is 6.92 Å². The van der Waals surface area contributed by atoms with Gasteiger partial charge < -0.3 is 10.3 Å². The van der Waals surface area contributed by atoms with Crippen molar-refractivity contribution in [1.82, 2.24) is 10.3 Å². The predicted octanol–water partition coefficient (Wildman–Crippen LogP) is 4.26. The highest BCUT2D eigenvalue weighted by Gasteiger charge is 2.13. The normalized spacial score (nSPS) is 12.3. The van der Waals surface area contributed by atoms with Gasteiger partial charge in [0.25, 0.3) is 0 Å². The first-order chi connectivity index (χ1) is 11.5. The lowest BCUT2D eigenvalue weighted by Crippen LogP contribution is -2.26. The molecule has 0 spiro atoms. The first-order valence-electron chi connectivity index (χ1n) is 7.84. The molecule has 0 radical (unpaired) electrons. The molecule has 3 rings (SSSR count). The number of rotatable bonds is 5. The van der Waals surface area contributed by atoms with E-state index in [4.69, 9.17) is 0 Å². The van der Waals surface area contributed by atoms with Crippen LogP contribution in [0.15, 0.2) is 48.7 Å². The van der Waals surface area contributed by atoms with E-state index >= 15 is 0 Å². The summed E-state index contributed by atoms with van der Waals surface area (Å²) >= 11 is 0. The SMILES string of the molecule is CC(NC(=O)CCc1c[nH]c2ccccc12)c1ccc(F)c(F)c1. The zero-order valence-electron chi connectivity index (χ0n) is 13.3. The smallest absolute Gasteiger partial charge is 0.220 e. The monoisotopic (exact) mass is 328 g/mol. The Hall–Kier alpha value is -2.69. The zero-order chi connectivity index (χ0) is 17.1. The number of nitrogens with one attached hydrogen (secondary N) is 2. The Morgan fingerprint density at radius 2 is 1.96 bits per heavy atom. The van der Waals surface area contributed by atoms with Crippen molar-refractivity contribution in [3.63, 3.8) is 0 Å². The fraction of sp³-hybridized carbons (Fsp3) is 0.211. The molecule has 1 amide bonds. The lowest BCUT2D eigenvalue weighted by Gasteiger charge is -2.14. The molecule has 0 saturated heterocycles. The van der Waals surface area contributed by atoms with Crippen molar-refractivity contribution >= 4 is 16.8 Å². The average molecular weight is 328 g/mol. The molecule has 0 aliphatic heterocycles. The van der Waals surface area contributed by atoms with Gasteiger partial charge in [-0.3, -0.25) is 4.79 Å². The number of aromatic nitrogens is 1. The molecule has 1 heterocycles. The zero-order valence-corrected chi connectivity index (χ0v) is 13.3. The van der Waals surface area contributed by atoms with Gasteiger partial charge in [-0.25, -0.2) is 8.78 Å². The first-order valence-corrected chi connectivity index (χ1v) is 7.84. The van der Waals surface area contributed by atoms with Crippen LogP contribution in [0.5, 0.6) is 0 Å². The number of carbonyl (C=O) groups is 1. The Balaban J connectivity index is 1.60. The molecule has 0 aliphatic rings. The number of aryl methyl sites for hydroxylation is 1. The van der Waals surface area contributed by atoms with E-state index in [2.05, 4.69) is 10.3 Å². The van der Waals surface area contributed by atoms with Gasteiger partial charge in [-0.1, -0.05) is 24.3 Å². The van der Waals surface area contributed by atoms with E-state index in [1.165, 1.54) is 6.07 Å². The molecule has 0 bridgehead atoms. The third kappa shape index (κ3) is 3.45. The van der Waals surface area contributed by atoms with E-state index in [0.717, 1.165) is 28.6 Å². The molecule has 1 aromatic heterocycles. The van der Waals surface area contributed by atoms with Gasteiger partial charge in [-0.2, -0.15) is 0 Å². The van der Waals surface area contributed by atoms with Crippen LogP contribution in [0.25, 0.3) is 10.9 Å². The minimum atomic E-state index is -0.910. The summed E-state index contributed by atoms with van der Waals surface area (Å²) in [6, 6.07) is 11.2. The number of para-hydroxylation sites is 1. The van der Waals surface area contributed by atoms with Gasteiger partial charge in [0.05, 0.1) is 6.04 Å². The van der Waals surface area contributed by atoms with Crippen LogP contribution in [0.4, 0.5) is 8.78 Å². The van der Waals surface area contributed by atoms with Crippen molar-refractivity contribution in [3.8, 4) is 0 Å². The second-order valence-electron chi connectivity index (χ2n) is 5.82. The number of hydrogen-bond donors (Lipinski definition) is 2. The molecular weight excluding hydrogens is 310 g/mol. The van der Waals surface area contributed by atoms with Crippen molar-refractivity contribution < 1.29 is 13.6 Å². The second kappa shape index (κ2) is 6.83. The van der Waals surface area contributed by atoms with Gasteiger partial charge in [0.2, 0.25) is 5.91 Å². The number of carbonyl (C=O) groups excluding carboxylic acids is 1. The fourth-order valence-corrected chi connectivity index (χ4v) is 2.77. The third-order valence-electron chi connectivity index (χ3n) is 4.12. The lowest BCUT2D eigenvalue weighted by atomic mass is 10.1. The van der Waals surface area contributed by atoms with Crippen molar-refractivity contribution in [2.75, 3.05) is 0 Å². The van der Waals surface area contributed by atoms with Crippen LogP contribution < -0.4 is 5.32 Å². The largest absolute Gasteiger partial charge is 0.361 e. The quantitative estimate of drug-likeness (QED) is 0.722. The minimum Gasteiger partial charge on any atom is -0.361 e. The summed E-state index contributed by atoms with van der Waals surface area (Å²) in [6.07, 6.45) is 2.85. The van der Waals surface area contributed by atoms with Gasteiger partial charge in [0.15, 0.2) is 11.6 Å². The summed E-state index contributed by atoms with van der Waals surface area (Å²) in [7, 11) is 0. The van der Waals surface area contributed by atoms with Crippen LogP contribution in [0, 0.1) is 11.6 Å². The number of benzene rings is 2. The van der Waals surface area contributed by atoms with Crippen molar-refractivity contribution in [2.45, 2.75) is 25.8 Å². The Morgan fingerprint density at radius 3 is 2.75 bits per heavy atom. The molecule has 0 saturated carbocycles. The molecule has 0 fully saturated rings. The first kappa shape index (κ1) is 16.2. The number of fused-ring (bicyclic) bond motifs is 1. The van der Waals surface area contributed by atoms with E-state index in [-0.39, 0.29) is 11.9 Å². The van der Waals surface area contributed by atoms with Gasteiger partial charge in [0.1, 0.15) is 0 Å². The van der Waals surface area contributed by atoms with Gasteiger partial charge in [-0.05, 0) is 42.7 Å². The number of hydrogen-bond acceptors (Lipinski definition) is 1. The van der Waals surface area contributed by atoms with Crippen molar-refractivity contribution in [2.24, 2.45) is 0 Å². The molecule has 0 aliphatic carbocycles. The van der Waals surface area contributed by atoms with Crippen LogP contribution in [0.1, 0.15) is 30.5 Å².